The minimum Gasteiger partial charge on any atom is -0.392 e. The van der Waals surface area contributed by atoms with Crippen LogP contribution in [0.15, 0.2) is 30.3 Å². The van der Waals surface area contributed by atoms with E-state index in [2.05, 4.69) is 42.2 Å². The zero-order chi connectivity index (χ0) is 17.6. The number of hydrogen-bond acceptors (Lipinski definition) is 3. The van der Waals surface area contributed by atoms with Gasteiger partial charge in [0, 0.05) is 24.7 Å². The van der Waals surface area contributed by atoms with Crippen molar-refractivity contribution in [1.29, 1.82) is 5.26 Å². The lowest BCUT2D eigenvalue weighted by molar-refractivity contribution is 0.0413. The van der Waals surface area contributed by atoms with E-state index in [1.165, 1.54) is 22.4 Å². The van der Waals surface area contributed by atoms with Gasteiger partial charge < -0.3 is 9.67 Å². The van der Waals surface area contributed by atoms with E-state index in [1.54, 1.807) is 0 Å². The molecule has 0 saturated carbocycles. The van der Waals surface area contributed by atoms with E-state index in [4.69, 9.17) is 0 Å². The predicted octanol–water partition coefficient (Wildman–Crippen LogP) is 2.66. The summed E-state index contributed by atoms with van der Waals surface area (Å²) < 4.78 is 1.97. The second kappa shape index (κ2) is 6.01. The molecule has 2 heterocycles. The van der Waals surface area contributed by atoms with Crippen LogP contribution in [0.4, 0.5) is 0 Å². The number of benzene rings is 1. The van der Waals surface area contributed by atoms with Crippen LogP contribution in [0.1, 0.15) is 40.9 Å². The van der Waals surface area contributed by atoms with E-state index in [1.807, 2.05) is 17.7 Å². The van der Waals surface area contributed by atoms with Crippen LogP contribution in [0.3, 0.4) is 0 Å². The summed E-state index contributed by atoms with van der Waals surface area (Å²) >= 11 is 0. The van der Waals surface area contributed by atoms with Crippen LogP contribution in [-0.2, 0) is 25.4 Å². The number of aromatic nitrogens is 1. The highest BCUT2D eigenvalue weighted by Gasteiger charge is 2.47. The molecule has 130 valence electrons. The molecule has 1 aromatic heterocycles. The quantitative estimate of drug-likeness (QED) is 0.918. The Labute approximate surface area is 149 Å². The summed E-state index contributed by atoms with van der Waals surface area (Å²) in [5.74, 6) is 0. The number of nitriles is 1. The minimum absolute atomic E-state index is 0.0589. The molecule has 2 aliphatic rings. The Kier molecular flexibility index (Phi) is 3.94. The SMILES string of the molecule is Cc1c(CN2CCC3(CC2)c2ccccc2C[C@@H]3O)cc(C#N)n1C. The van der Waals surface area contributed by atoms with Gasteiger partial charge in [0.2, 0.25) is 0 Å². The fraction of sp³-hybridized carbons (Fsp3) is 0.476. The Hall–Kier alpha value is -2.09. The maximum Gasteiger partial charge on any atom is 0.120 e. The number of rotatable bonds is 2. The second-order valence-electron chi connectivity index (χ2n) is 7.62. The Bertz CT molecular complexity index is 837. The maximum absolute atomic E-state index is 10.8. The van der Waals surface area contributed by atoms with E-state index in [0.29, 0.717) is 0 Å². The first kappa shape index (κ1) is 16.4. The number of aliphatic hydroxyl groups excluding tert-OH is 1. The van der Waals surface area contributed by atoms with Gasteiger partial charge in [-0.05, 0) is 62.0 Å². The van der Waals surface area contributed by atoms with Gasteiger partial charge in [-0.25, -0.2) is 0 Å². The Morgan fingerprint density at radius 2 is 2.00 bits per heavy atom. The van der Waals surface area contributed by atoms with Crippen molar-refractivity contribution in [2.24, 2.45) is 7.05 Å². The molecule has 1 aliphatic heterocycles. The second-order valence-corrected chi connectivity index (χ2v) is 7.62. The Morgan fingerprint density at radius 3 is 2.68 bits per heavy atom. The first-order chi connectivity index (χ1) is 12.0. The fourth-order valence-corrected chi connectivity index (χ4v) is 4.75. The van der Waals surface area contributed by atoms with Crippen molar-refractivity contribution >= 4 is 0 Å². The lowest BCUT2D eigenvalue weighted by Crippen LogP contribution is -2.47. The predicted molar refractivity (Wildman–Crippen MR) is 97.2 cm³/mol. The summed E-state index contributed by atoms with van der Waals surface area (Å²) in [7, 11) is 1.95. The third-order valence-corrected chi connectivity index (χ3v) is 6.50. The third kappa shape index (κ3) is 2.50. The van der Waals surface area contributed by atoms with Crippen LogP contribution in [0.25, 0.3) is 0 Å². The van der Waals surface area contributed by atoms with Crippen molar-refractivity contribution in [3.8, 4) is 6.07 Å². The molecule has 1 N–H and O–H groups in total. The average Bonchev–Trinajstić information content (AvgIpc) is 3.06. The molecule has 0 amide bonds. The molecule has 4 rings (SSSR count). The van der Waals surface area contributed by atoms with Gasteiger partial charge >= 0.3 is 0 Å². The molecule has 1 aliphatic carbocycles. The van der Waals surface area contributed by atoms with E-state index in [-0.39, 0.29) is 11.5 Å². The highest BCUT2D eigenvalue weighted by Crippen LogP contribution is 2.46. The van der Waals surface area contributed by atoms with Crippen molar-refractivity contribution in [2.75, 3.05) is 13.1 Å². The standard InChI is InChI=1S/C21H25N3O/c1-15-17(11-18(13-22)23(15)2)14-24-9-7-21(8-10-24)19-6-4-3-5-16(19)12-20(21)25/h3-6,11,20,25H,7-10,12,14H2,1-2H3/t20-/m0/s1. The monoisotopic (exact) mass is 335 g/mol. The lowest BCUT2D eigenvalue weighted by atomic mass is 9.72. The van der Waals surface area contributed by atoms with Gasteiger partial charge in [0.25, 0.3) is 0 Å². The van der Waals surface area contributed by atoms with Gasteiger partial charge in [-0.3, -0.25) is 4.90 Å². The molecule has 1 fully saturated rings. The van der Waals surface area contributed by atoms with Gasteiger partial charge in [-0.1, -0.05) is 24.3 Å². The average molecular weight is 335 g/mol. The van der Waals surface area contributed by atoms with Crippen molar-refractivity contribution < 1.29 is 5.11 Å². The summed E-state index contributed by atoms with van der Waals surface area (Å²) in [6.45, 7) is 4.94. The largest absolute Gasteiger partial charge is 0.392 e. The van der Waals surface area contributed by atoms with Crippen LogP contribution in [-0.4, -0.2) is 33.8 Å². The minimum atomic E-state index is -0.254. The van der Waals surface area contributed by atoms with Crippen LogP contribution in [0.5, 0.6) is 0 Å². The number of fused-ring (bicyclic) bond motifs is 2. The van der Waals surface area contributed by atoms with Crippen LogP contribution >= 0.6 is 0 Å². The van der Waals surface area contributed by atoms with Gasteiger partial charge in [0.05, 0.1) is 6.10 Å². The molecule has 0 bridgehead atoms. The molecule has 1 saturated heterocycles. The number of hydrogen-bond donors (Lipinski definition) is 1. The zero-order valence-corrected chi connectivity index (χ0v) is 15.0. The summed E-state index contributed by atoms with van der Waals surface area (Å²) in [6.07, 6.45) is 2.54. The van der Waals surface area contributed by atoms with Crippen LogP contribution in [0.2, 0.25) is 0 Å². The normalized spacial score (nSPS) is 22.1. The van der Waals surface area contributed by atoms with Crippen molar-refractivity contribution in [3.63, 3.8) is 0 Å². The molecule has 2 aromatic rings. The van der Waals surface area contributed by atoms with E-state index < -0.39 is 0 Å². The molecule has 1 spiro atoms. The number of piperidine rings is 1. The molecular formula is C21H25N3O. The molecule has 1 aromatic carbocycles. The fourth-order valence-electron chi connectivity index (χ4n) is 4.75. The van der Waals surface area contributed by atoms with Gasteiger partial charge in [-0.15, -0.1) is 0 Å². The topological polar surface area (TPSA) is 52.2 Å². The van der Waals surface area contributed by atoms with E-state index >= 15 is 0 Å². The number of likely N-dealkylation sites (tertiary alicyclic amines) is 1. The molecule has 4 nitrogen and oxygen atoms in total. The van der Waals surface area contributed by atoms with E-state index in [9.17, 15) is 10.4 Å². The molecule has 0 radical (unpaired) electrons. The molecule has 25 heavy (non-hydrogen) atoms. The first-order valence-corrected chi connectivity index (χ1v) is 9.09. The van der Waals surface area contributed by atoms with Crippen molar-refractivity contribution in [1.82, 2.24) is 9.47 Å². The summed E-state index contributed by atoms with van der Waals surface area (Å²) in [4.78, 5) is 2.46. The zero-order valence-electron chi connectivity index (χ0n) is 15.0. The van der Waals surface area contributed by atoms with Gasteiger partial charge in [0.15, 0.2) is 0 Å². The Morgan fingerprint density at radius 1 is 1.28 bits per heavy atom. The van der Waals surface area contributed by atoms with Crippen molar-refractivity contribution in [2.45, 2.75) is 44.2 Å². The summed E-state index contributed by atoms with van der Waals surface area (Å²) in [5, 5.41) is 20.0. The highest BCUT2D eigenvalue weighted by atomic mass is 16.3. The summed E-state index contributed by atoms with van der Waals surface area (Å²) in [5.41, 5.74) is 5.76. The highest BCUT2D eigenvalue weighted by molar-refractivity contribution is 5.42. The van der Waals surface area contributed by atoms with Gasteiger partial charge in [0.1, 0.15) is 11.8 Å². The third-order valence-electron chi connectivity index (χ3n) is 6.50. The molecular weight excluding hydrogens is 310 g/mol. The van der Waals surface area contributed by atoms with Crippen LogP contribution < -0.4 is 0 Å². The van der Waals surface area contributed by atoms with Gasteiger partial charge in [-0.2, -0.15) is 5.26 Å². The number of aliphatic hydroxyl groups is 1. The first-order valence-electron chi connectivity index (χ1n) is 9.09. The molecule has 0 unspecified atom stereocenters. The lowest BCUT2D eigenvalue weighted by Gasteiger charge is -2.42. The molecule has 4 heteroatoms. The number of nitrogens with zero attached hydrogens (tertiary/aromatic N) is 3. The maximum atomic E-state index is 10.8. The summed E-state index contributed by atoms with van der Waals surface area (Å²) in [6, 6.07) is 12.8. The van der Waals surface area contributed by atoms with Crippen LogP contribution in [0, 0.1) is 18.3 Å². The smallest absolute Gasteiger partial charge is 0.120 e. The molecule has 1 atom stereocenters. The van der Waals surface area contributed by atoms with E-state index in [0.717, 1.165) is 44.6 Å². The Balaban J connectivity index is 1.50. The van der Waals surface area contributed by atoms with Crippen molar-refractivity contribution in [3.05, 3.63) is 58.4 Å².